The average Bonchev–Trinajstić information content (AvgIpc) is 1.71. The molecule has 12 aromatic rings. The summed E-state index contributed by atoms with van der Waals surface area (Å²) in [6.07, 6.45) is 13.8. The second kappa shape index (κ2) is 65.9. The Morgan fingerprint density at radius 2 is 0.394 bits per heavy atom. The van der Waals surface area contributed by atoms with Gasteiger partial charge in [0, 0.05) is 45.7 Å². The van der Waals surface area contributed by atoms with E-state index in [1.165, 1.54) is 93.5 Å². The Kier molecular flexibility index (Phi) is 62.5. The quantitative estimate of drug-likeness (QED) is 0.0447. The molecule has 15 nitrogen and oxygen atoms in total. The van der Waals surface area contributed by atoms with Crippen molar-refractivity contribution in [2.75, 3.05) is 13.2 Å². The van der Waals surface area contributed by atoms with Gasteiger partial charge in [0.2, 0.25) is 0 Å². The average molecular weight is 2120 g/mol. The third-order valence-electron chi connectivity index (χ3n) is 22.3. The summed E-state index contributed by atoms with van der Waals surface area (Å²) in [5.74, 6) is 4.43. The first kappa shape index (κ1) is 130. The summed E-state index contributed by atoms with van der Waals surface area (Å²) >= 11 is 0. The van der Waals surface area contributed by atoms with Crippen molar-refractivity contribution >= 4 is 71.4 Å². The Morgan fingerprint density at radius 3 is 0.526 bits per heavy atom. The summed E-state index contributed by atoms with van der Waals surface area (Å²) in [6, 6.07) is 73.3. The summed E-state index contributed by atoms with van der Waals surface area (Å²) in [4.78, 5) is 30.2. The van der Waals surface area contributed by atoms with Crippen molar-refractivity contribution in [2.45, 2.75) is 264 Å². The molecule has 1 fully saturated rings. The summed E-state index contributed by atoms with van der Waals surface area (Å²) in [5.41, 5.74) is 31.6. The van der Waals surface area contributed by atoms with E-state index in [0.29, 0.717) is 71.0 Å². The van der Waals surface area contributed by atoms with Crippen LogP contribution in [-0.2, 0) is 71.9 Å². The number of rotatable bonds is 27. The summed E-state index contributed by atoms with van der Waals surface area (Å²) in [7, 11) is 0. The van der Waals surface area contributed by atoms with Crippen molar-refractivity contribution in [1.29, 1.82) is 10.5 Å². The molecule has 1 aliphatic rings. The first-order chi connectivity index (χ1) is 61.4. The van der Waals surface area contributed by atoms with E-state index in [1.807, 2.05) is 91.9 Å². The van der Waals surface area contributed by atoms with Gasteiger partial charge in [0.25, 0.3) is 0 Å². The van der Waals surface area contributed by atoms with Gasteiger partial charge >= 0.3 is 67.1 Å². The van der Waals surface area contributed by atoms with Crippen molar-refractivity contribution in [1.82, 2.24) is 30.6 Å². The molecule has 4 radical (unpaired) electrons. The number of hydrogen-bond donors (Lipinski definition) is 0. The number of ether oxygens (including phenoxy) is 1. The standard InChI is InChI=1S/3C35H41N4.C4H8O.2C2H3N.5ClH.4Co/c3*1-22(2)27-16-12-17-28(23(3)4)34(27)36-20-31-33(26-14-10-9-11-15-26)32(39-38-31)21-37-35-29(24(5)6)18-13-19-30(35)25(7)8;1-2-4-5-3-1;2*1-2-3;;;;;;;;;/h3*9-25H,1-8H3;1-4H2;2*1H3;5*1H;;;;/q3*-1;;;;;;;;;4*+2/p-5. The fourth-order valence-electron chi connectivity index (χ4n) is 15.5. The maximum absolute atomic E-state index is 7.32. The van der Waals surface area contributed by atoms with Gasteiger partial charge < -0.3 is 97.4 Å². The number of aliphatic imine (C=N–C) groups is 6. The van der Waals surface area contributed by atoms with E-state index in [0.717, 1.165) is 115 Å². The van der Waals surface area contributed by atoms with Gasteiger partial charge in [-0.25, -0.2) is 0 Å². The van der Waals surface area contributed by atoms with Crippen molar-refractivity contribution in [3.63, 3.8) is 0 Å². The SMILES string of the molecule is C1CCOC1.CC#N.CC#N.CC(C)c1cccc(C(C)C)c1N=Cc1n[n-]c(C=Nc2c(C(C)C)cccc2C(C)C)c1-c1ccccc1.CC(C)c1cccc(C(C)C)c1N=Cc1n[n-]c(C=Nc2c(C(C)C)cccc2C(C)C)c1-c1ccccc1.CC(C)c1cccc(C(C)C)c1N=Cc1n[n-]c(C=Nc2c(C(C)C)cccc2C(C)C)c1-c1ccccc1.[Cl-].[Cl-].[Cl-].[Cl-].[Cl-].[Co+2].[Co+2].[Co+2].[Co+2]. The van der Waals surface area contributed by atoms with Crippen LogP contribution in [0.4, 0.5) is 34.1 Å². The number of hydrogen-bond acceptors (Lipinski definition) is 12. The second-order valence-electron chi connectivity index (χ2n) is 36.0. The van der Waals surface area contributed by atoms with Gasteiger partial charge in [-0.3, -0.25) is 30.0 Å². The van der Waals surface area contributed by atoms with E-state index in [1.54, 1.807) is 12.1 Å². The number of para-hydroxylation sites is 6. The molecule has 24 heteroatoms. The van der Waals surface area contributed by atoms with Crippen LogP contribution in [0.15, 0.2) is 230 Å². The third kappa shape index (κ3) is 36.6. The summed E-state index contributed by atoms with van der Waals surface area (Å²) in [5, 5.41) is 42.2. The molecule has 3 aromatic heterocycles. The molecule has 137 heavy (non-hydrogen) atoms. The number of halogens is 5. The Morgan fingerprint density at radius 1 is 0.248 bits per heavy atom. The molecule has 736 valence electrons. The summed E-state index contributed by atoms with van der Waals surface area (Å²) < 4.78 is 4.94. The molecule has 0 bridgehead atoms. The maximum atomic E-state index is 7.32. The molecule has 9 aromatic carbocycles. The zero-order chi connectivity index (χ0) is 93.3. The molecule has 0 unspecified atom stereocenters. The smallest absolute Gasteiger partial charge is 1.00 e. The fraction of sp³-hybridized carbons (Fsp3) is 0.372. The van der Waals surface area contributed by atoms with Crippen LogP contribution in [0.3, 0.4) is 0 Å². The molecule has 0 spiro atoms. The first-order valence-electron chi connectivity index (χ1n) is 45.9. The molecule has 0 amide bonds. The van der Waals surface area contributed by atoms with Crippen LogP contribution in [0.2, 0.25) is 0 Å². The van der Waals surface area contributed by atoms with Gasteiger partial charge in [-0.1, -0.05) is 383 Å². The normalized spacial score (nSPS) is 11.5. The number of aromatic nitrogens is 6. The van der Waals surface area contributed by atoms with E-state index in [2.05, 4.69) is 342 Å². The van der Waals surface area contributed by atoms with Gasteiger partial charge in [-0.2, -0.15) is 10.5 Å². The van der Waals surface area contributed by atoms with E-state index in [4.69, 9.17) is 45.2 Å². The Hall–Kier alpha value is -8.95. The van der Waals surface area contributed by atoms with Crippen molar-refractivity contribution in [3.8, 4) is 45.5 Å². The van der Waals surface area contributed by atoms with Crippen molar-refractivity contribution < 1.29 is 134 Å². The fourth-order valence-corrected chi connectivity index (χ4v) is 15.5. The molecule has 0 aliphatic carbocycles. The van der Waals surface area contributed by atoms with Gasteiger partial charge in [0.05, 0.1) is 82.0 Å². The predicted molar refractivity (Wildman–Crippen MR) is 543 cm³/mol. The van der Waals surface area contributed by atoms with Crippen LogP contribution in [0.1, 0.15) is 365 Å². The molecular weight excluding hydrogens is 1980 g/mol. The van der Waals surface area contributed by atoms with Gasteiger partial charge in [0.15, 0.2) is 0 Å². The first-order valence-corrected chi connectivity index (χ1v) is 45.9. The topological polar surface area (TPSA) is 212 Å². The predicted octanol–water partition coefficient (Wildman–Crippen LogP) is 16.0. The molecule has 4 heterocycles. The number of benzene rings is 9. The molecule has 13 rings (SSSR count). The molecule has 1 saturated heterocycles. The zero-order valence-electron chi connectivity index (χ0n) is 84.2. The molecule has 0 N–H and O–H groups in total. The molecule has 0 saturated carbocycles. The Balaban J connectivity index is 0. The zero-order valence-corrected chi connectivity index (χ0v) is 92.1. The van der Waals surface area contributed by atoms with Crippen LogP contribution in [0.25, 0.3) is 33.4 Å². The molecular formula is C113H137Cl5Co4N14O. The van der Waals surface area contributed by atoms with Crippen molar-refractivity contribution in [2.24, 2.45) is 30.0 Å². The minimum absolute atomic E-state index is 0. The van der Waals surface area contributed by atoms with E-state index in [9.17, 15) is 0 Å². The van der Waals surface area contributed by atoms with Crippen LogP contribution in [0.5, 0.6) is 0 Å². The number of nitrogens with zero attached hydrogens (tertiary/aromatic N) is 14. The van der Waals surface area contributed by atoms with E-state index in [-0.39, 0.29) is 129 Å². The minimum atomic E-state index is 0. The molecule has 1 aliphatic heterocycles. The summed E-state index contributed by atoms with van der Waals surface area (Å²) in [6.45, 7) is 58.0. The third-order valence-corrected chi connectivity index (χ3v) is 22.3. The van der Waals surface area contributed by atoms with Gasteiger partial charge in [-0.15, -0.1) is 0 Å². The van der Waals surface area contributed by atoms with Crippen LogP contribution in [0, 0.1) is 22.7 Å². The minimum Gasteiger partial charge on any atom is -1.00 e. The molecule has 0 atom stereocenters. The Bertz CT molecular complexity index is 4830. The Labute approximate surface area is 892 Å². The van der Waals surface area contributed by atoms with E-state index >= 15 is 0 Å². The van der Waals surface area contributed by atoms with E-state index < -0.39 is 0 Å². The van der Waals surface area contributed by atoms with Crippen LogP contribution >= 0.6 is 0 Å². The monoisotopic (exact) mass is 2120 g/mol. The van der Waals surface area contributed by atoms with Crippen LogP contribution < -0.4 is 77.3 Å². The maximum Gasteiger partial charge on any atom is 2.00 e. The second-order valence-corrected chi connectivity index (χ2v) is 36.0. The number of nitriles is 2. The van der Waals surface area contributed by atoms with Gasteiger partial charge in [0.1, 0.15) is 0 Å². The van der Waals surface area contributed by atoms with Crippen LogP contribution in [-0.4, -0.2) is 65.8 Å². The van der Waals surface area contributed by atoms with Crippen molar-refractivity contribution in [3.05, 3.63) is 301 Å². The largest absolute Gasteiger partial charge is 2.00 e. The van der Waals surface area contributed by atoms with Gasteiger partial charge in [-0.05, 0) is 184 Å².